The zero-order chi connectivity index (χ0) is 5.56. The first kappa shape index (κ1) is 4.64. The maximum Gasteiger partial charge on any atom is 0.261 e. The Bertz CT molecular complexity index is 122. The van der Waals surface area contributed by atoms with Gasteiger partial charge in [-0.25, -0.2) is 0 Å². The number of nitrogens with zero attached hydrogens (tertiary/aromatic N) is 1. The molecule has 3 aliphatic rings. The molecule has 0 spiro atoms. The highest BCUT2D eigenvalue weighted by Crippen LogP contribution is 2.31. The Morgan fingerprint density at radius 2 is 2.75 bits per heavy atom. The van der Waals surface area contributed by atoms with Crippen LogP contribution < -0.4 is 5.32 Å². The third-order valence-corrected chi connectivity index (χ3v) is 2.54. The van der Waals surface area contributed by atoms with Crippen molar-refractivity contribution in [2.75, 3.05) is 13.1 Å². The highest BCUT2D eigenvalue weighted by molar-refractivity contribution is 8.01. The molecular formula is C4H6N2OS. The minimum absolute atomic E-state index is 0.101. The summed E-state index contributed by atoms with van der Waals surface area (Å²) in [5, 5.41) is 3.17. The summed E-state index contributed by atoms with van der Waals surface area (Å²) in [6, 6.07) is 0. The molecule has 3 heterocycles. The Morgan fingerprint density at radius 3 is 3.00 bits per heavy atom. The van der Waals surface area contributed by atoms with Crippen LogP contribution in [0.5, 0.6) is 0 Å². The molecule has 2 bridgehead atoms. The standard InChI is InChI=1S/C4H6N2OS/c7-4-3-5-1-2-6(4)8-3/h3,5H,1-2H2. The van der Waals surface area contributed by atoms with Crippen LogP contribution >= 0.6 is 11.9 Å². The van der Waals surface area contributed by atoms with Gasteiger partial charge in [-0.05, 0) is 11.9 Å². The number of hydrogen-bond donors (Lipinski definition) is 1. The normalized spacial score (nSPS) is 34.8. The molecular weight excluding hydrogens is 124 g/mol. The van der Waals surface area contributed by atoms with E-state index in [0.29, 0.717) is 0 Å². The fourth-order valence-corrected chi connectivity index (χ4v) is 1.80. The third kappa shape index (κ3) is 0.418. The molecule has 4 heteroatoms. The molecule has 3 nitrogen and oxygen atoms in total. The second-order valence-corrected chi connectivity index (χ2v) is 3.00. The van der Waals surface area contributed by atoms with E-state index in [1.54, 1.807) is 16.3 Å². The Morgan fingerprint density at radius 1 is 1.88 bits per heavy atom. The van der Waals surface area contributed by atoms with E-state index < -0.39 is 0 Å². The molecule has 44 valence electrons. The molecule has 3 rings (SSSR count). The molecule has 0 aromatic rings. The SMILES string of the molecule is O=C1C2NCCN1S2. The summed E-state index contributed by atoms with van der Waals surface area (Å²) in [6.07, 6.45) is 0. The van der Waals surface area contributed by atoms with Crippen molar-refractivity contribution in [2.24, 2.45) is 0 Å². The van der Waals surface area contributed by atoms with Gasteiger partial charge in [0.15, 0.2) is 5.37 Å². The van der Waals surface area contributed by atoms with E-state index in [-0.39, 0.29) is 11.3 Å². The first-order chi connectivity index (χ1) is 3.88. The van der Waals surface area contributed by atoms with Crippen molar-refractivity contribution in [2.45, 2.75) is 5.37 Å². The van der Waals surface area contributed by atoms with E-state index in [9.17, 15) is 4.79 Å². The minimum Gasteiger partial charge on any atom is -0.294 e. The Balaban J connectivity index is 2.13. The highest BCUT2D eigenvalue weighted by Gasteiger charge is 2.40. The van der Waals surface area contributed by atoms with Gasteiger partial charge >= 0.3 is 0 Å². The first-order valence-electron chi connectivity index (χ1n) is 2.59. The predicted octanol–water partition coefficient (Wildman–Crippen LogP) is -0.594. The molecule has 0 aliphatic carbocycles. The molecule has 1 atom stereocenters. The molecule has 0 saturated carbocycles. The van der Waals surface area contributed by atoms with Crippen molar-refractivity contribution < 1.29 is 4.79 Å². The lowest BCUT2D eigenvalue weighted by molar-refractivity contribution is -0.130. The van der Waals surface area contributed by atoms with Crippen LogP contribution in [0.4, 0.5) is 0 Å². The second-order valence-electron chi connectivity index (χ2n) is 1.88. The summed E-state index contributed by atoms with van der Waals surface area (Å²) in [7, 11) is 0. The van der Waals surface area contributed by atoms with Gasteiger partial charge in [0.05, 0.1) is 0 Å². The summed E-state index contributed by atoms with van der Waals surface area (Å²) >= 11 is 1.60. The van der Waals surface area contributed by atoms with Gasteiger partial charge in [0.25, 0.3) is 5.91 Å². The molecule has 0 aromatic carbocycles. The van der Waals surface area contributed by atoms with Crippen LogP contribution in [0.15, 0.2) is 0 Å². The predicted molar refractivity (Wildman–Crippen MR) is 31.1 cm³/mol. The van der Waals surface area contributed by atoms with E-state index in [1.165, 1.54) is 0 Å². The lowest BCUT2D eigenvalue weighted by Crippen LogP contribution is -2.60. The average Bonchev–Trinajstić information content (AvgIpc) is 1.89. The van der Waals surface area contributed by atoms with Crippen LogP contribution in [0.1, 0.15) is 0 Å². The van der Waals surface area contributed by atoms with Crippen molar-refractivity contribution in [3.63, 3.8) is 0 Å². The number of carbonyl (C=O) groups excluding carboxylic acids is 1. The molecule has 1 amide bonds. The maximum absolute atomic E-state index is 10.7. The van der Waals surface area contributed by atoms with Crippen LogP contribution in [0.25, 0.3) is 0 Å². The Labute approximate surface area is 51.6 Å². The molecule has 0 radical (unpaired) electrons. The average molecular weight is 130 g/mol. The van der Waals surface area contributed by atoms with Crippen LogP contribution in [-0.4, -0.2) is 28.7 Å². The van der Waals surface area contributed by atoms with Gasteiger partial charge in [0, 0.05) is 13.1 Å². The van der Waals surface area contributed by atoms with E-state index in [4.69, 9.17) is 0 Å². The lowest BCUT2D eigenvalue weighted by atomic mass is 10.4. The summed E-state index contributed by atoms with van der Waals surface area (Å²) in [5.74, 6) is 0.251. The monoisotopic (exact) mass is 130 g/mol. The number of nitrogens with one attached hydrogen (secondary N) is 1. The summed E-state index contributed by atoms with van der Waals surface area (Å²) in [5.41, 5.74) is 0. The molecule has 1 unspecified atom stereocenters. The highest BCUT2D eigenvalue weighted by atomic mass is 32.2. The van der Waals surface area contributed by atoms with Crippen LogP contribution in [0.2, 0.25) is 0 Å². The van der Waals surface area contributed by atoms with Crippen LogP contribution in [0.3, 0.4) is 0 Å². The van der Waals surface area contributed by atoms with E-state index in [1.807, 2.05) is 0 Å². The van der Waals surface area contributed by atoms with Crippen LogP contribution in [-0.2, 0) is 4.79 Å². The van der Waals surface area contributed by atoms with E-state index >= 15 is 0 Å². The fraction of sp³-hybridized carbons (Fsp3) is 0.750. The van der Waals surface area contributed by atoms with Crippen LogP contribution in [0, 0.1) is 0 Å². The zero-order valence-electron chi connectivity index (χ0n) is 4.26. The van der Waals surface area contributed by atoms with Crippen molar-refractivity contribution >= 4 is 17.9 Å². The summed E-state index contributed by atoms with van der Waals surface area (Å²) in [6.45, 7) is 1.84. The number of carbonyl (C=O) groups is 1. The fourth-order valence-electron chi connectivity index (χ4n) is 0.891. The lowest BCUT2D eigenvalue weighted by Gasteiger charge is -2.41. The van der Waals surface area contributed by atoms with Gasteiger partial charge in [-0.1, -0.05) is 0 Å². The Kier molecular flexibility index (Phi) is 0.804. The van der Waals surface area contributed by atoms with Gasteiger partial charge in [-0.3, -0.25) is 14.4 Å². The van der Waals surface area contributed by atoms with Crippen molar-refractivity contribution in [3.8, 4) is 0 Å². The van der Waals surface area contributed by atoms with E-state index in [0.717, 1.165) is 13.1 Å². The zero-order valence-corrected chi connectivity index (χ0v) is 5.07. The molecule has 3 fully saturated rings. The largest absolute Gasteiger partial charge is 0.294 e. The topological polar surface area (TPSA) is 32.3 Å². The van der Waals surface area contributed by atoms with Crippen molar-refractivity contribution in [3.05, 3.63) is 0 Å². The number of rotatable bonds is 0. The quantitative estimate of drug-likeness (QED) is 0.445. The number of amides is 1. The number of hydrogen-bond acceptors (Lipinski definition) is 3. The van der Waals surface area contributed by atoms with Crippen molar-refractivity contribution in [1.82, 2.24) is 9.62 Å². The van der Waals surface area contributed by atoms with Crippen molar-refractivity contribution in [1.29, 1.82) is 0 Å². The van der Waals surface area contributed by atoms with Gasteiger partial charge in [-0.15, -0.1) is 0 Å². The third-order valence-electron chi connectivity index (χ3n) is 1.35. The van der Waals surface area contributed by atoms with Gasteiger partial charge in [-0.2, -0.15) is 0 Å². The Hall–Kier alpha value is -0.220. The molecule has 1 N–H and O–H groups in total. The molecule has 8 heavy (non-hydrogen) atoms. The van der Waals surface area contributed by atoms with Gasteiger partial charge in [0.1, 0.15) is 0 Å². The smallest absolute Gasteiger partial charge is 0.261 e. The van der Waals surface area contributed by atoms with E-state index in [2.05, 4.69) is 5.32 Å². The summed E-state index contributed by atoms with van der Waals surface area (Å²) in [4.78, 5) is 10.7. The number of fused-ring (bicyclic) bond motifs is 2. The minimum atomic E-state index is 0.101. The molecule has 3 aliphatic heterocycles. The maximum atomic E-state index is 10.7. The van der Waals surface area contributed by atoms with Gasteiger partial charge in [0.2, 0.25) is 0 Å². The first-order valence-corrected chi connectivity index (χ1v) is 3.43. The molecule has 3 saturated heterocycles. The summed E-state index contributed by atoms with van der Waals surface area (Å²) < 4.78 is 1.79. The molecule has 0 aromatic heterocycles. The number of piperazine rings is 1. The second kappa shape index (κ2) is 1.39. The van der Waals surface area contributed by atoms with Gasteiger partial charge < -0.3 is 0 Å².